The highest BCUT2D eigenvalue weighted by atomic mass is 16.5. The second-order valence-corrected chi connectivity index (χ2v) is 6.09. The van der Waals surface area contributed by atoms with Crippen LogP contribution >= 0.6 is 0 Å². The van der Waals surface area contributed by atoms with Crippen LogP contribution in [0.15, 0.2) is 29.3 Å². The van der Waals surface area contributed by atoms with Crippen molar-refractivity contribution in [3.8, 4) is 17.6 Å². The highest BCUT2D eigenvalue weighted by molar-refractivity contribution is 6.00. The first-order valence-electron chi connectivity index (χ1n) is 6.99. The maximum Gasteiger partial charge on any atom is 0.159 e. The van der Waals surface area contributed by atoms with Crippen LogP contribution < -0.4 is 4.74 Å². The van der Waals surface area contributed by atoms with Gasteiger partial charge < -0.3 is 4.74 Å². The Morgan fingerprint density at radius 2 is 1.81 bits per heavy atom. The molecule has 1 aromatic rings. The quantitative estimate of drug-likeness (QED) is 0.801. The van der Waals surface area contributed by atoms with Gasteiger partial charge in [-0.25, -0.2) is 0 Å². The predicted molar refractivity (Wildman–Crippen MR) is 82.6 cm³/mol. The lowest BCUT2D eigenvalue weighted by atomic mass is 9.84. The summed E-state index contributed by atoms with van der Waals surface area (Å²) in [5, 5.41) is 13.5. The summed E-state index contributed by atoms with van der Waals surface area (Å²) in [6, 6.07) is 7.38. The van der Waals surface area contributed by atoms with Gasteiger partial charge in [-0.3, -0.25) is 4.99 Å². The smallest absolute Gasteiger partial charge is 0.159 e. The zero-order valence-corrected chi connectivity index (χ0v) is 13.2. The molecule has 4 heteroatoms. The van der Waals surface area contributed by atoms with Crippen LogP contribution in [0.2, 0.25) is 0 Å². The number of hydroxylamine groups is 2. The van der Waals surface area contributed by atoms with Gasteiger partial charge in [-0.15, -0.1) is 5.92 Å². The number of nitrogens with zero attached hydrogens (tertiary/aromatic N) is 2. The Hall–Kier alpha value is -1.99. The maximum atomic E-state index is 12.5. The molecule has 0 aromatic heterocycles. The Labute approximate surface area is 126 Å². The van der Waals surface area contributed by atoms with E-state index in [1.54, 1.807) is 6.92 Å². The van der Waals surface area contributed by atoms with E-state index in [9.17, 15) is 5.21 Å². The number of aliphatic imine (C=N–C) groups is 1. The molecule has 0 atom stereocenters. The summed E-state index contributed by atoms with van der Waals surface area (Å²) in [5.74, 6) is 6.83. The molecule has 4 nitrogen and oxygen atoms in total. The first kappa shape index (κ1) is 15.4. The summed E-state index contributed by atoms with van der Waals surface area (Å²) in [5.41, 5.74) is -0.179. The van der Waals surface area contributed by atoms with Gasteiger partial charge in [0.15, 0.2) is 5.84 Å². The van der Waals surface area contributed by atoms with Crippen molar-refractivity contribution in [1.29, 1.82) is 0 Å². The van der Waals surface area contributed by atoms with Gasteiger partial charge in [0.1, 0.15) is 12.4 Å². The molecule has 1 aromatic carbocycles. The van der Waals surface area contributed by atoms with E-state index in [-0.39, 0.29) is 0 Å². The first-order valence-corrected chi connectivity index (χ1v) is 6.99. The fourth-order valence-corrected chi connectivity index (χ4v) is 2.03. The fourth-order valence-electron chi connectivity index (χ4n) is 2.03. The minimum Gasteiger partial charge on any atom is -0.481 e. The summed E-state index contributed by atoms with van der Waals surface area (Å²) in [6.07, 6.45) is 0. The van der Waals surface area contributed by atoms with Crippen molar-refractivity contribution in [3.63, 3.8) is 0 Å². The molecular formula is C17H21N2O2. The standard InChI is InChI=1S/C17H21N2O2/c1-6-7-12-21-14-10-8-13(9-11-14)15-18-16(2,3)17(4,5)19(15)20/h8-11H,12H2,1-5H3. The molecule has 1 radical (unpaired) electrons. The van der Waals surface area contributed by atoms with Crippen LogP contribution in [0.5, 0.6) is 5.75 Å². The van der Waals surface area contributed by atoms with Crippen molar-refractivity contribution in [2.45, 2.75) is 45.7 Å². The van der Waals surface area contributed by atoms with Crippen molar-refractivity contribution in [1.82, 2.24) is 5.06 Å². The maximum absolute atomic E-state index is 12.5. The molecule has 1 heterocycles. The largest absolute Gasteiger partial charge is 0.481 e. The van der Waals surface area contributed by atoms with Crippen LogP contribution in [0, 0.1) is 11.8 Å². The second-order valence-electron chi connectivity index (χ2n) is 6.09. The Bertz CT molecular complexity index is 604. The molecule has 0 fully saturated rings. The van der Waals surface area contributed by atoms with Crippen molar-refractivity contribution >= 4 is 5.84 Å². The zero-order chi connectivity index (χ0) is 15.7. The first-order chi connectivity index (χ1) is 9.79. The van der Waals surface area contributed by atoms with E-state index in [1.807, 2.05) is 52.0 Å². The fraction of sp³-hybridized carbons (Fsp3) is 0.471. The summed E-state index contributed by atoms with van der Waals surface area (Å²) in [7, 11) is 0. The molecule has 21 heavy (non-hydrogen) atoms. The second kappa shape index (κ2) is 5.42. The Balaban J connectivity index is 2.21. The zero-order valence-electron chi connectivity index (χ0n) is 13.2. The highest BCUT2D eigenvalue weighted by Gasteiger charge is 2.50. The van der Waals surface area contributed by atoms with Gasteiger partial charge in [-0.2, -0.15) is 5.06 Å². The lowest BCUT2D eigenvalue weighted by Crippen LogP contribution is -2.50. The van der Waals surface area contributed by atoms with E-state index >= 15 is 0 Å². The lowest BCUT2D eigenvalue weighted by molar-refractivity contribution is -0.158. The SMILES string of the molecule is CC#CCOc1ccc(C2=NC(C)(C)C(C)(C)N2[O])cc1. The third-order valence-electron chi connectivity index (χ3n) is 4.18. The normalized spacial score (nSPS) is 18.8. The van der Waals surface area contributed by atoms with E-state index in [4.69, 9.17) is 4.74 Å². The van der Waals surface area contributed by atoms with Crippen molar-refractivity contribution in [2.75, 3.05) is 6.61 Å². The molecule has 2 rings (SSSR count). The van der Waals surface area contributed by atoms with Crippen molar-refractivity contribution < 1.29 is 9.94 Å². The summed E-state index contributed by atoms with van der Waals surface area (Å²) >= 11 is 0. The molecule has 111 valence electrons. The Kier molecular flexibility index (Phi) is 3.97. The minimum absolute atomic E-state index is 0.366. The summed E-state index contributed by atoms with van der Waals surface area (Å²) in [4.78, 5) is 4.60. The molecule has 0 aliphatic carbocycles. The molecule has 1 aliphatic heterocycles. The summed E-state index contributed by atoms with van der Waals surface area (Å²) in [6.45, 7) is 9.92. The Morgan fingerprint density at radius 3 is 2.29 bits per heavy atom. The van der Waals surface area contributed by atoms with Crippen LogP contribution in [-0.4, -0.2) is 28.6 Å². The Morgan fingerprint density at radius 1 is 1.19 bits per heavy atom. The van der Waals surface area contributed by atoms with Crippen LogP contribution in [0.1, 0.15) is 40.2 Å². The molecule has 0 N–H and O–H groups in total. The summed E-state index contributed by atoms with van der Waals surface area (Å²) < 4.78 is 5.47. The van der Waals surface area contributed by atoms with Gasteiger partial charge in [0, 0.05) is 5.56 Å². The number of hydrogen-bond donors (Lipinski definition) is 0. The molecule has 0 unspecified atom stereocenters. The minimum atomic E-state index is -0.561. The van der Waals surface area contributed by atoms with Gasteiger partial charge in [-0.05, 0) is 58.9 Å². The number of ether oxygens (including phenoxy) is 1. The van der Waals surface area contributed by atoms with Crippen LogP contribution in [0.4, 0.5) is 0 Å². The molecule has 0 saturated carbocycles. The number of benzene rings is 1. The molecule has 0 amide bonds. The van der Waals surface area contributed by atoms with Gasteiger partial charge in [0.2, 0.25) is 0 Å². The molecule has 0 spiro atoms. The van der Waals surface area contributed by atoms with E-state index in [0.717, 1.165) is 16.4 Å². The van der Waals surface area contributed by atoms with Gasteiger partial charge in [0.05, 0.1) is 11.1 Å². The van der Waals surface area contributed by atoms with Gasteiger partial charge in [-0.1, -0.05) is 11.1 Å². The average molecular weight is 285 g/mol. The van der Waals surface area contributed by atoms with Crippen LogP contribution in [0.3, 0.4) is 0 Å². The topological polar surface area (TPSA) is 44.7 Å². The highest BCUT2D eigenvalue weighted by Crippen LogP contribution is 2.38. The van der Waals surface area contributed by atoms with Crippen LogP contribution in [-0.2, 0) is 5.21 Å². The lowest BCUT2D eigenvalue weighted by Gasteiger charge is -2.35. The molecular weight excluding hydrogens is 264 g/mol. The number of amidine groups is 1. The van der Waals surface area contributed by atoms with E-state index in [1.165, 1.54) is 0 Å². The third-order valence-corrected chi connectivity index (χ3v) is 4.18. The van der Waals surface area contributed by atoms with Gasteiger partial charge >= 0.3 is 0 Å². The number of rotatable bonds is 3. The van der Waals surface area contributed by atoms with E-state index in [2.05, 4.69) is 16.8 Å². The monoisotopic (exact) mass is 285 g/mol. The average Bonchev–Trinajstić information content (AvgIpc) is 2.60. The van der Waals surface area contributed by atoms with Crippen molar-refractivity contribution in [2.24, 2.45) is 4.99 Å². The molecule has 0 saturated heterocycles. The number of hydrogen-bond acceptors (Lipinski definition) is 3. The van der Waals surface area contributed by atoms with Crippen molar-refractivity contribution in [3.05, 3.63) is 29.8 Å². The van der Waals surface area contributed by atoms with E-state index < -0.39 is 11.1 Å². The molecule has 1 aliphatic rings. The predicted octanol–water partition coefficient (Wildman–Crippen LogP) is 3.05. The third kappa shape index (κ3) is 2.74. The van der Waals surface area contributed by atoms with Crippen LogP contribution in [0.25, 0.3) is 0 Å². The van der Waals surface area contributed by atoms with Gasteiger partial charge in [0.25, 0.3) is 0 Å². The molecule has 0 bridgehead atoms. The van der Waals surface area contributed by atoms with E-state index in [0.29, 0.717) is 12.4 Å².